The molecular weight excluding hydrogens is 305 g/mol. The molecular formula is C16H12FNO5. The van der Waals surface area contributed by atoms with E-state index >= 15 is 0 Å². The first-order valence-corrected chi connectivity index (χ1v) is 7.14. The molecule has 0 bridgehead atoms. The number of aromatic carboxylic acids is 1. The molecule has 118 valence electrons. The van der Waals surface area contributed by atoms with Gasteiger partial charge in [-0.3, -0.25) is 4.79 Å². The number of carboxylic acid groups (broad SMARTS) is 1. The third-order valence-electron chi connectivity index (χ3n) is 3.99. The van der Waals surface area contributed by atoms with Gasteiger partial charge in [0.1, 0.15) is 11.4 Å². The fraction of sp³-hybridized carbons (Fsp3) is 0.250. The Kier molecular flexibility index (Phi) is 2.90. The summed E-state index contributed by atoms with van der Waals surface area (Å²) in [5, 5.41) is 9.26. The molecule has 0 saturated heterocycles. The number of carbonyl (C=O) groups is 1. The van der Waals surface area contributed by atoms with Crippen LogP contribution in [0.3, 0.4) is 0 Å². The standard InChI is InChI=1S/C16H12FNO5/c17-11-3-4-12-14(23-7-22-12)13(11)8-5-10(16(20)21)15(19)18(6-8)9-1-2-9/h3-6,9H,1-2,7H2,(H,20,21). The molecule has 1 saturated carbocycles. The van der Waals surface area contributed by atoms with Gasteiger partial charge in [-0.2, -0.15) is 0 Å². The van der Waals surface area contributed by atoms with Gasteiger partial charge in [-0.1, -0.05) is 0 Å². The van der Waals surface area contributed by atoms with Crippen molar-refractivity contribution in [2.45, 2.75) is 18.9 Å². The zero-order valence-electron chi connectivity index (χ0n) is 11.9. The highest BCUT2D eigenvalue weighted by Gasteiger charge is 2.29. The van der Waals surface area contributed by atoms with E-state index in [1.54, 1.807) is 0 Å². The number of aromatic nitrogens is 1. The summed E-state index contributed by atoms with van der Waals surface area (Å²) in [4.78, 5) is 23.6. The van der Waals surface area contributed by atoms with Crippen molar-refractivity contribution in [3.05, 3.63) is 46.1 Å². The van der Waals surface area contributed by atoms with Crippen LogP contribution in [0.4, 0.5) is 4.39 Å². The average molecular weight is 317 g/mol. The lowest BCUT2D eigenvalue weighted by Gasteiger charge is -2.12. The molecule has 0 spiro atoms. The van der Waals surface area contributed by atoms with Gasteiger partial charge in [0.05, 0.1) is 5.56 Å². The van der Waals surface area contributed by atoms with E-state index < -0.39 is 17.3 Å². The summed E-state index contributed by atoms with van der Waals surface area (Å²) in [6.07, 6.45) is 3.10. The highest BCUT2D eigenvalue weighted by molar-refractivity contribution is 5.89. The van der Waals surface area contributed by atoms with Gasteiger partial charge in [0.25, 0.3) is 5.56 Å². The summed E-state index contributed by atoms with van der Waals surface area (Å²) >= 11 is 0. The van der Waals surface area contributed by atoms with Crippen LogP contribution in [-0.4, -0.2) is 22.4 Å². The van der Waals surface area contributed by atoms with Crippen molar-refractivity contribution in [2.24, 2.45) is 0 Å². The van der Waals surface area contributed by atoms with E-state index in [-0.39, 0.29) is 35.3 Å². The SMILES string of the molecule is O=C(O)c1cc(-c2c(F)ccc3c2OCO3)cn(C2CC2)c1=O. The lowest BCUT2D eigenvalue weighted by atomic mass is 10.0. The van der Waals surface area contributed by atoms with Crippen molar-refractivity contribution in [1.82, 2.24) is 4.57 Å². The predicted molar refractivity (Wildman–Crippen MR) is 77.4 cm³/mol. The molecule has 4 rings (SSSR count). The molecule has 0 radical (unpaired) electrons. The molecule has 0 unspecified atom stereocenters. The molecule has 1 aromatic carbocycles. The molecule has 6 nitrogen and oxygen atoms in total. The fourth-order valence-corrected chi connectivity index (χ4v) is 2.73. The third kappa shape index (κ3) is 2.16. The van der Waals surface area contributed by atoms with Crippen molar-refractivity contribution < 1.29 is 23.8 Å². The molecule has 1 fully saturated rings. The van der Waals surface area contributed by atoms with E-state index in [2.05, 4.69) is 0 Å². The van der Waals surface area contributed by atoms with Crippen molar-refractivity contribution in [2.75, 3.05) is 6.79 Å². The molecule has 1 aromatic heterocycles. The zero-order valence-corrected chi connectivity index (χ0v) is 11.9. The second-order valence-corrected chi connectivity index (χ2v) is 5.55. The van der Waals surface area contributed by atoms with Gasteiger partial charge in [-0.25, -0.2) is 9.18 Å². The van der Waals surface area contributed by atoms with Crippen LogP contribution in [0.2, 0.25) is 0 Å². The number of ether oxygens (including phenoxy) is 2. The number of halogens is 1. The van der Waals surface area contributed by atoms with Crippen LogP contribution in [0.1, 0.15) is 29.2 Å². The number of rotatable bonds is 3. The Labute approximate surface area is 129 Å². The van der Waals surface area contributed by atoms with E-state index in [1.165, 1.54) is 29.0 Å². The zero-order chi connectivity index (χ0) is 16.1. The fourth-order valence-electron chi connectivity index (χ4n) is 2.73. The Morgan fingerprint density at radius 2 is 2.09 bits per heavy atom. The van der Waals surface area contributed by atoms with Crippen LogP contribution in [0.5, 0.6) is 11.5 Å². The maximum absolute atomic E-state index is 14.3. The molecule has 0 atom stereocenters. The first kappa shape index (κ1) is 13.8. The summed E-state index contributed by atoms with van der Waals surface area (Å²) in [5.41, 5.74) is -0.565. The molecule has 2 aliphatic rings. The maximum Gasteiger partial charge on any atom is 0.341 e. The Morgan fingerprint density at radius 1 is 1.30 bits per heavy atom. The molecule has 1 aliphatic heterocycles. The summed E-state index contributed by atoms with van der Waals surface area (Å²) in [6, 6.07) is 3.84. The maximum atomic E-state index is 14.3. The number of hydrogen-bond donors (Lipinski definition) is 1. The molecule has 23 heavy (non-hydrogen) atoms. The van der Waals surface area contributed by atoms with Gasteiger partial charge in [0, 0.05) is 17.8 Å². The third-order valence-corrected chi connectivity index (χ3v) is 3.99. The number of hydrogen-bond acceptors (Lipinski definition) is 4. The van der Waals surface area contributed by atoms with Crippen molar-refractivity contribution >= 4 is 5.97 Å². The monoisotopic (exact) mass is 317 g/mol. The van der Waals surface area contributed by atoms with E-state index in [0.29, 0.717) is 5.75 Å². The van der Waals surface area contributed by atoms with Crippen LogP contribution >= 0.6 is 0 Å². The van der Waals surface area contributed by atoms with Crippen molar-refractivity contribution in [3.63, 3.8) is 0 Å². The number of nitrogens with zero attached hydrogens (tertiary/aromatic N) is 1. The lowest BCUT2D eigenvalue weighted by molar-refractivity contribution is 0.0694. The number of pyridine rings is 1. The van der Waals surface area contributed by atoms with Gasteiger partial charge in [0.2, 0.25) is 6.79 Å². The Balaban J connectivity index is 1.99. The van der Waals surface area contributed by atoms with Gasteiger partial charge in [0.15, 0.2) is 11.5 Å². The second-order valence-electron chi connectivity index (χ2n) is 5.55. The molecule has 0 amide bonds. The first-order valence-electron chi connectivity index (χ1n) is 7.14. The number of fused-ring (bicyclic) bond motifs is 1. The highest BCUT2D eigenvalue weighted by Crippen LogP contribution is 2.43. The Hall–Kier alpha value is -2.83. The average Bonchev–Trinajstić information content (AvgIpc) is 3.25. The summed E-state index contributed by atoms with van der Waals surface area (Å²) in [6.45, 7) is -0.0279. The first-order chi connectivity index (χ1) is 11.1. The van der Waals surface area contributed by atoms with Crippen molar-refractivity contribution in [1.29, 1.82) is 0 Å². The highest BCUT2D eigenvalue weighted by atomic mass is 19.1. The largest absolute Gasteiger partial charge is 0.477 e. The van der Waals surface area contributed by atoms with E-state index in [4.69, 9.17) is 9.47 Å². The van der Waals surface area contributed by atoms with Gasteiger partial charge in [-0.05, 0) is 31.0 Å². The predicted octanol–water partition coefficient (Wildman–Crippen LogP) is 2.42. The minimum absolute atomic E-state index is 0.0279. The topological polar surface area (TPSA) is 77.8 Å². The Morgan fingerprint density at radius 3 is 2.78 bits per heavy atom. The van der Waals surface area contributed by atoms with Gasteiger partial charge < -0.3 is 19.1 Å². The second kappa shape index (κ2) is 4.84. The molecule has 7 heteroatoms. The summed E-state index contributed by atoms with van der Waals surface area (Å²) < 4.78 is 26.3. The smallest absolute Gasteiger partial charge is 0.341 e. The van der Waals surface area contributed by atoms with Crippen LogP contribution in [0.25, 0.3) is 11.1 Å². The van der Waals surface area contributed by atoms with Crippen LogP contribution in [0, 0.1) is 5.82 Å². The minimum Gasteiger partial charge on any atom is -0.477 e. The van der Waals surface area contributed by atoms with Crippen LogP contribution < -0.4 is 15.0 Å². The van der Waals surface area contributed by atoms with Crippen LogP contribution in [-0.2, 0) is 0 Å². The quantitative estimate of drug-likeness (QED) is 0.940. The molecule has 1 aliphatic carbocycles. The van der Waals surface area contributed by atoms with Gasteiger partial charge in [-0.15, -0.1) is 0 Å². The molecule has 2 heterocycles. The molecule has 1 N–H and O–H groups in total. The van der Waals surface area contributed by atoms with Crippen LogP contribution in [0.15, 0.2) is 29.2 Å². The normalized spacial score (nSPS) is 15.7. The van der Waals surface area contributed by atoms with E-state index in [9.17, 15) is 19.1 Å². The summed E-state index contributed by atoms with van der Waals surface area (Å²) in [5.74, 6) is -1.28. The van der Waals surface area contributed by atoms with Gasteiger partial charge >= 0.3 is 5.97 Å². The molecule has 2 aromatic rings. The van der Waals surface area contributed by atoms with Crippen molar-refractivity contribution in [3.8, 4) is 22.6 Å². The lowest BCUT2D eigenvalue weighted by Crippen LogP contribution is -2.25. The number of benzene rings is 1. The number of carboxylic acids is 1. The Bertz CT molecular complexity index is 885. The minimum atomic E-state index is -1.34. The summed E-state index contributed by atoms with van der Waals surface area (Å²) in [7, 11) is 0. The van der Waals surface area contributed by atoms with E-state index in [0.717, 1.165) is 12.8 Å². The van der Waals surface area contributed by atoms with E-state index in [1.807, 2.05) is 0 Å².